The molecule has 0 aromatic heterocycles. The minimum absolute atomic E-state index is 0.297. The van der Waals surface area contributed by atoms with Crippen LogP contribution in [0.5, 0.6) is 0 Å². The van der Waals surface area contributed by atoms with Crippen LogP contribution < -0.4 is 0 Å². The van der Waals surface area contributed by atoms with Gasteiger partial charge in [-0.25, -0.2) is 0 Å². The van der Waals surface area contributed by atoms with E-state index in [1.807, 2.05) is 0 Å². The molecule has 0 aromatic rings. The summed E-state index contributed by atoms with van der Waals surface area (Å²) < 4.78 is 5.42. The number of hydrogen-bond acceptors (Lipinski definition) is 4. The Morgan fingerprint density at radius 1 is 1.12 bits per heavy atom. The molecule has 2 atom stereocenters. The van der Waals surface area contributed by atoms with Crippen molar-refractivity contribution in [2.24, 2.45) is 5.92 Å². The lowest BCUT2D eigenvalue weighted by molar-refractivity contribution is -0.260. The van der Waals surface area contributed by atoms with E-state index < -0.39 is 16.8 Å². The molecule has 2 unspecified atom stereocenters. The van der Waals surface area contributed by atoms with Crippen LogP contribution in [0.1, 0.15) is 45.4 Å². The van der Waals surface area contributed by atoms with Gasteiger partial charge in [0.2, 0.25) is 0 Å². The van der Waals surface area contributed by atoms with Gasteiger partial charge in [0.15, 0.2) is 0 Å². The number of aliphatic hydroxyl groups is 2. The van der Waals surface area contributed by atoms with Gasteiger partial charge in [-0.3, -0.25) is 4.79 Å². The maximum Gasteiger partial charge on any atom is 0.303 e. The SMILES string of the molecule is CC(=O)OC12CC3CC(O)(CC(O)(C3)C1)C2. The van der Waals surface area contributed by atoms with Crippen LogP contribution >= 0.6 is 0 Å². The summed E-state index contributed by atoms with van der Waals surface area (Å²) in [6.07, 6.45) is 3.74. The van der Waals surface area contributed by atoms with E-state index in [0.29, 0.717) is 25.2 Å². The lowest BCUT2D eigenvalue weighted by Gasteiger charge is -2.62. The van der Waals surface area contributed by atoms with Gasteiger partial charge in [0.1, 0.15) is 5.60 Å². The summed E-state index contributed by atoms with van der Waals surface area (Å²) in [4.78, 5) is 11.2. The summed E-state index contributed by atoms with van der Waals surface area (Å²) in [7, 11) is 0. The second-order valence-electron chi connectivity index (χ2n) is 6.23. The lowest BCUT2D eigenvalue weighted by Crippen LogP contribution is -2.66. The maximum atomic E-state index is 11.2. The molecule has 4 heteroatoms. The summed E-state index contributed by atoms with van der Waals surface area (Å²) in [6, 6.07) is 0. The highest BCUT2D eigenvalue weighted by Crippen LogP contribution is 2.60. The molecule has 4 aliphatic carbocycles. The summed E-state index contributed by atoms with van der Waals surface area (Å²) in [5.41, 5.74) is -2.23. The summed E-state index contributed by atoms with van der Waals surface area (Å²) in [6.45, 7) is 1.40. The first-order chi connectivity index (χ1) is 7.32. The molecule has 4 rings (SSSR count). The van der Waals surface area contributed by atoms with Crippen molar-refractivity contribution < 1.29 is 19.7 Å². The lowest BCUT2D eigenvalue weighted by atomic mass is 9.50. The zero-order valence-electron chi connectivity index (χ0n) is 9.53. The fourth-order valence-corrected chi connectivity index (χ4v) is 4.67. The van der Waals surface area contributed by atoms with Gasteiger partial charge in [-0.1, -0.05) is 0 Å². The molecule has 16 heavy (non-hydrogen) atoms. The van der Waals surface area contributed by atoms with Crippen LogP contribution in [-0.4, -0.2) is 33.0 Å². The molecule has 4 nitrogen and oxygen atoms in total. The molecule has 4 fully saturated rings. The van der Waals surface area contributed by atoms with Gasteiger partial charge in [-0.05, 0) is 25.2 Å². The number of carbonyl (C=O) groups excluding carboxylic acids is 1. The van der Waals surface area contributed by atoms with Crippen molar-refractivity contribution in [3.63, 3.8) is 0 Å². The molecule has 4 bridgehead atoms. The Kier molecular flexibility index (Phi) is 1.84. The fraction of sp³-hybridized carbons (Fsp3) is 0.917. The average molecular weight is 226 g/mol. The second-order valence-corrected chi connectivity index (χ2v) is 6.23. The first-order valence-electron chi connectivity index (χ1n) is 5.97. The third-order valence-electron chi connectivity index (χ3n) is 4.32. The van der Waals surface area contributed by atoms with Crippen LogP contribution in [-0.2, 0) is 9.53 Å². The van der Waals surface area contributed by atoms with Crippen molar-refractivity contribution >= 4 is 5.97 Å². The van der Waals surface area contributed by atoms with Crippen molar-refractivity contribution in [2.45, 2.75) is 62.3 Å². The third-order valence-corrected chi connectivity index (χ3v) is 4.32. The van der Waals surface area contributed by atoms with Gasteiger partial charge in [0.05, 0.1) is 11.2 Å². The predicted molar refractivity (Wildman–Crippen MR) is 55.6 cm³/mol. The van der Waals surface area contributed by atoms with Gasteiger partial charge in [-0.15, -0.1) is 0 Å². The Bertz CT molecular complexity index is 333. The molecular weight excluding hydrogens is 208 g/mol. The van der Waals surface area contributed by atoms with Crippen LogP contribution in [0.2, 0.25) is 0 Å². The van der Waals surface area contributed by atoms with Gasteiger partial charge >= 0.3 is 5.97 Å². The number of esters is 1. The third kappa shape index (κ3) is 1.47. The Morgan fingerprint density at radius 2 is 1.69 bits per heavy atom. The normalized spacial score (nSPS) is 54.1. The molecule has 2 N–H and O–H groups in total. The van der Waals surface area contributed by atoms with Gasteiger partial charge in [0.25, 0.3) is 0 Å². The van der Waals surface area contributed by atoms with Crippen molar-refractivity contribution in [3.8, 4) is 0 Å². The zero-order chi connectivity index (χ0) is 11.6. The van der Waals surface area contributed by atoms with E-state index in [-0.39, 0.29) is 5.97 Å². The highest BCUT2D eigenvalue weighted by molar-refractivity contribution is 5.66. The molecule has 4 aliphatic rings. The molecular formula is C12H18O4. The van der Waals surface area contributed by atoms with Crippen molar-refractivity contribution in [3.05, 3.63) is 0 Å². The first-order valence-corrected chi connectivity index (χ1v) is 5.97. The van der Waals surface area contributed by atoms with E-state index in [2.05, 4.69) is 0 Å². The molecule has 0 amide bonds. The van der Waals surface area contributed by atoms with Crippen molar-refractivity contribution in [2.75, 3.05) is 0 Å². The van der Waals surface area contributed by atoms with Crippen LogP contribution in [0.15, 0.2) is 0 Å². The average Bonchev–Trinajstić information content (AvgIpc) is 1.91. The maximum absolute atomic E-state index is 11.2. The van der Waals surface area contributed by atoms with E-state index >= 15 is 0 Å². The van der Waals surface area contributed by atoms with Gasteiger partial charge in [0, 0.05) is 26.2 Å². The molecule has 4 saturated carbocycles. The molecule has 0 radical (unpaired) electrons. The molecule has 90 valence electrons. The molecule has 0 aromatic carbocycles. The number of rotatable bonds is 1. The van der Waals surface area contributed by atoms with E-state index in [9.17, 15) is 15.0 Å². The number of carbonyl (C=O) groups is 1. The number of ether oxygens (including phenoxy) is 1. The summed E-state index contributed by atoms with van der Waals surface area (Å²) in [5, 5.41) is 20.8. The first kappa shape index (κ1) is 10.5. The largest absolute Gasteiger partial charge is 0.459 e. The standard InChI is InChI=1S/C12H18O4/c1-8(13)16-12-4-9-2-10(14,6-12)5-11(15,3-9)7-12/h9,14-15H,2-7H2,1H3. The Morgan fingerprint density at radius 3 is 2.12 bits per heavy atom. The van der Waals surface area contributed by atoms with Crippen LogP contribution in [0.4, 0.5) is 0 Å². The van der Waals surface area contributed by atoms with Crippen LogP contribution in [0.25, 0.3) is 0 Å². The second kappa shape index (κ2) is 2.79. The topological polar surface area (TPSA) is 66.8 Å². The summed E-state index contributed by atoms with van der Waals surface area (Å²) in [5.74, 6) is -0.0141. The monoisotopic (exact) mass is 226 g/mol. The highest BCUT2D eigenvalue weighted by atomic mass is 16.6. The van der Waals surface area contributed by atoms with E-state index in [0.717, 1.165) is 19.3 Å². The molecule has 0 heterocycles. The Hall–Kier alpha value is -0.610. The minimum atomic E-state index is -0.816. The van der Waals surface area contributed by atoms with Gasteiger partial charge in [-0.2, -0.15) is 0 Å². The Balaban J connectivity index is 1.95. The predicted octanol–water partition coefficient (Wildman–Crippen LogP) is 0.748. The van der Waals surface area contributed by atoms with E-state index in [4.69, 9.17) is 4.74 Å². The van der Waals surface area contributed by atoms with Crippen molar-refractivity contribution in [1.82, 2.24) is 0 Å². The van der Waals surface area contributed by atoms with Gasteiger partial charge < -0.3 is 14.9 Å². The van der Waals surface area contributed by atoms with Crippen LogP contribution in [0, 0.1) is 5.92 Å². The smallest absolute Gasteiger partial charge is 0.303 e. The minimum Gasteiger partial charge on any atom is -0.459 e. The Labute approximate surface area is 94.6 Å². The van der Waals surface area contributed by atoms with E-state index in [1.54, 1.807) is 0 Å². The summed E-state index contributed by atoms with van der Waals surface area (Å²) >= 11 is 0. The zero-order valence-corrected chi connectivity index (χ0v) is 9.53. The number of hydrogen-bond donors (Lipinski definition) is 2. The molecule has 0 saturated heterocycles. The van der Waals surface area contributed by atoms with Crippen molar-refractivity contribution in [1.29, 1.82) is 0 Å². The van der Waals surface area contributed by atoms with Crippen LogP contribution in [0.3, 0.4) is 0 Å². The molecule has 0 aliphatic heterocycles. The quantitative estimate of drug-likeness (QED) is 0.647. The van der Waals surface area contributed by atoms with E-state index in [1.165, 1.54) is 6.92 Å². The highest BCUT2D eigenvalue weighted by Gasteiger charge is 2.64. The fourth-order valence-electron chi connectivity index (χ4n) is 4.67. The molecule has 0 spiro atoms.